The molecule has 70 valence electrons. The number of carbonyl (C=O) groups excluding carboxylic acids is 1. The highest BCUT2D eigenvalue weighted by Gasteiger charge is 2.11. The van der Waals surface area contributed by atoms with Crippen LogP contribution in [0.15, 0.2) is 12.1 Å². The molecule has 1 aromatic rings. The van der Waals surface area contributed by atoms with Gasteiger partial charge in [-0.15, -0.1) is 11.6 Å². The minimum atomic E-state index is -0.270. The summed E-state index contributed by atoms with van der Waals surface area (Å²) in [4.78, 5) is 11.2. The number of nitrogen functional groups attached to an aromatic ring is 1. The Hall–Kier alpha value is -0.440. The van der Waals surface area contributed by atoms with E-state index in [0.29, 0.717) is 16.3 Å². The van der Waals surface area contributed by atoms with Gasteiger partial charge in [-0.2, -0.15) is 0 Å². The Morgan fingerprint density at radius 3 is 2.46 bits per heavy atom. The first kappa shape index (κ1) is 10.6. The molecule has 0 aliphatic rings. The molecule has 0 bridgehead atoms. The number of alkyl halides is 1. The largest absolute Gasteiger partial charge is 0.397 e. The van der Waals surface area contributed by atoms with Crippen molar-refractivity contribution < 1.29 is 4.79 Å². The third kappa shape index (κ3) is 2.27. The fourth-order valence-corrected chi connectivity index (χ4v) is 1.43. The van der Waals surface area contributed by atoms with Crippen LogP contribution in [0, 0.1) is 0 Å². The van der Waals surface area contributed by atoms with Gasteiger partial charge in [0.25, 0.3) is 0 Å². The number of hydrogen-bond donors (Lipinski definition) is 1. The Kier molecular flexibility index (Phi) is 3.42. The molecule has 13 heavy (non-hydrogen) atoms. The third-order valence-corrected chi connectivity index (χ3v) is 2.39. The average molecular weight is 239 g/mol. The zero-order chi connectivity index (χ0) is 10.0. The predicted octanol–water partition coefficient (Wildman–Crippen LogP) is 3.00. The highest BCUT2D eigenvalue weighted by Crippen LogP contribution is 2.27. The lowest BCUT2D eigenvalue weighted by molar-refractivity contribution is 0.102. The monoisotopic (exact) mass is 237 g/mol. The molecule has 0 atom stereocenters. The van der Waals surface area contributed by atoms with Gasteiger partial charge in [0.1, 0.15) is 0 Å². The topological polar surface area (TPSA) is 43.1 Å². The van der Waals surface area contributed by atoms with Crippen LogP contribution in [-0.2, 0) is 0 Å². The van der Waals surface area contributed by atoms with Crippen LogP contribution in [0.2, 0.25) is 10.0 Å². The molecular weight excluding hydrogens is 232 g/mol. The highest BCUT2D eigenvalue weighted by molar-refractivity contribution is 6.39. The van der Waals surface area contributed by atoms with Crippen LogP contribution >= 0.6 is 34.8 Å². The maximum atomic E-state index is 11.2. The minimum Gasteiger partial charge on any atom is -0.397 e. The van der Waals surface area contributed by atoms with Crippen molar-refractivity contribution in [3.05, 3.63) is 27.7 Å². The second-order valence-corrected chi connectivity index (χ2v) is 3.49. The molecule has 5 heteroatoms. The maximum absolute atomic E-state index is 11.2. The van der Waals surface area contributed by atoms with Crippen molar-refractivity contribution in [2.24, 2.45) is 0 Å². The Bertz CT molecular complexity index is 351. The Morgan fingerprint density at radius 1 is 1.31 bits per heavy atom. The normalized spacial score (nSPS) is 10.1. The molecule has 2 N–H and O–H groups in total. The summed E-state index contributed by atoms with van der Waals surface area (Å²) in [6.07, 6.45) is 0. The fraction of sp³-hybridized carbons (Fsp3) is 0.125. The molecule has 0 unspecified atom stereocenters. The number of anilines is 1. The molecule has 0 fully saturated rings. The van der Waals surface area contributed by atoms with Crippen molar-refractivity contribution in [2.75, 3.05) is 11.6 Å². The Morgan fingerprint density at radius 2 is 1.92 bits per heavy atom. The molecule has 0 aromatic heterocycles. The molecule has 1 rings (SSSR count). The molecule has 0 radical (unpaired) electrons. The number of rotatable bonds is 2. The molecule has 0 saturated heterocycles. The van der Waals surface area contributed by atoms with E-state index in [0.717, 1.165) is 0 Å². The second-order valence-electron chi connectivity index (χ2n) is 2.41. The van der Waals surface area contributed by atoms with Crippen molar-refractivity contribution in [3.8, 4) is 0 Å². The number of carbonyl (C=O) groups is 1. The predicted molar refractivity (Wildman–Crippen MR) is 55.9 cm³/mol. The quantitative estimate of drug-likeness (QED) is 0.489. The standard InChI is InChI=1S/C8H6Cl3NO/c9-3-8(13)4-1-6(11)7(12)2-5(4)10/h1-2H,3,12H2. The lowest BCUT2D eigenvalue weighted by Crippen LogP contribution is -2.02. The van der Waals surface area contributed by atoms with Crippen LogP contribution in [0.3, 0.4) is 0 Å². The number of hydrogen-bond acceptors (Lipinski definition) is 2. The number of Topliss-reactive ketones (excluding diaryl/α,β-unsaturated/α-hetero) is 1. The average Bonchev–Trinajstić information content (AvgIpc) is 2.10. The van der Waals surface area contributed by atoms with E-state index in [9.17, 15) is 4.79 Å². The zero-order valence-electron chi connectivity index (χ0n) is 6.48. The first-order chi connectivity index (χ1) is 6.06. The van der Waals surface area contributed by atoms with Crippen LogP contribution in [0.1, 0.15) is 10.4 Å². The van der Waals surface area contributed by atoms with E-state index in [1.165, 1.54) is 12.1 Å². The maximum Gasteiger partial charge on any atom is 0.179 e. The van der Waals surface area contributed by atoms with Crippen molar-refractivity contribution >= 4 is 46.3 Å². The summed E-state index contributed by atoms with van der Waals surface area (Å²) >= 11 is 16.8. The van der Waals surface area contributed by atoms with E-state index in [4.69, 9.17) is 40.5 Å². The summed E-state index contributed by atoms with van der Waals surface area (Å²) in [6, 6.07) is 2.85. The third-order valence-electron chi connectivity index (χ3n) is 1.51. The summed E-state index contributed by atoms with van der Waals surface area (Å²) in [6.45, 7) is 0. The van der Waals surface area contributed by atoms with Crippen LogP contribution in [-0.4, -0.2) is 11.7 Å². The fourth-order valence-electron chi connectivity index (χ4n) is 0.848. The Labute approximate surface area is 90.6 Å². The summed E-state index contributed by atoms with van der Waals surface area (Å²) in [5.74, 6) is -0.395. The van der Waals surface area contributed by atoms with Gasteiger partial charge in [-0.05, 0) is 12.1 Å². The second kappa shape index (κ2) is 4.18. The van der Waals surface area contributed by atoms with Crippen LogP contribution in [0.4, 0.5) is 5.69 Å². The van der Waals surface area contributed by atoms with E-state index in [1.54, 1.807) is 0 Å². The molecule has 0 aliphatic carbocycles. The molecule has 0 heterocycles. The van der Waals surface area contributed by atoms with E-state index in [2.05, 4.69) is 0 Å². The molecule has 1 aromatic carbocycles. The van der Waals surface area contributed by atoms with Gasteiger partial charge in [-0.25, -0.2) is 0 Å². The van der Waals surface area contributed by atoms with Gasteiger partial charge in [0.2, 0.25) is 0 Å². The van der Waals surface area contributed by atoms with Crippen LogP contribution in [0.5, 0.6) is 0 Å². The molecule has 2 nitrogen and oxygen atoms in total. The van der Waals surface area contributed by atoms with Crippen molar-refractivity contribution in [3.63, 3.8) is 0 Å². The van der Waals surface area contributed by atoms with Gasteiger partial charge in [0.15, 0.2) is 5.78 Å². The molecule has 0 aliphatic heterocycles. The molecule has 0 amide bonds. The van der Waals surface area contributed by atoms with Crippen LogP contribution < -0.4 is 5.73 Å². The van der Waals surface area contributed by atoms with E-state index >= 15 is 0 Å². The first-order valence-electron chi connectivity index (χ1n) is 3.40. The lowest BCUT2D eigenvalue weighted by Gasteiger charge is -2.03. The van der Waals surface area contributed by atoms with Gasteiger partial charge in [-0.1, -0.05) is 23.2 Å². The molecule has 0 spiro atoms. The lowest BCUT2D eigenvalue weighted by atomic mass is 10.1. The summed E-state index contributed by atoms with van der Waals surface area (Å²) in [5.41, 5.74) is 6.12. The SMILES string of the molecule is Nc1cc(Cl)c(C(=O)CCl)cc1Cl. The smallest absolute Gasteiger partial charge is 0.179 e. The number of nitrogens with two attached hydrogens (primary N) is 1. The summed E-state index contributed by atoms with van der Waals surface area (Å²) in [5, 5.41) is 0.574. The van der Waals surface area contributed by atoms with E-state index < -0.39 is 0 Å². The van der Waals surface area contributed by atoms with Gasteiger partial charge in [0.05, 0.1) is 21.6 Å². The number of benzene rings is 1. The zero-order valence-corrected chi connectivity index (χ0v) is 8.75. The van der Waals surface area contributed by atoms with Crippen molar-refractivity contribution in [1.29, 1.82) is 0 Å². The number of ketones is 1. The Balaban J connectivity index is 3.23. The highest BCUT2D eigenvalue weighted by atomic mass is 35.5. The molecular formula is C8H6Cl3NO. The van der Waals surface area contributed by atoms with E-state index in [-0.39, 0.29) is 16.7 Å². The summed E-state index contributed by atoms with van der Waals surface area (Å²) in [7, 11) is 0. The summed E-state index contributed by atoms with van der Waals surface area (Å²) < 4.78 is 0. The van der Waals surface area contributed by atoms with Gasteiger partial charge < -0.3 is 5.73 Å². The van der Waals surface area contributed by atoms with Crippen LogP contribution in [0.25, 0.3) is 0 Å². The number of halogens is 3. The van der Waals surface area contributed by atoms with Gasteiger partial charge in [0, 0.05) is 5.56 Å². The first-order valence-corrected chi connectivity index (χ1v) is 4.69. The minimum absolute atomic E-state index is 0.125. The van der Waals surface area contributed by atoms with Crippen molar-refractivity contribution in [2.45, 2.75) is 0 Å². The van der Waals surface area contributed by atoms with Gasteiger partial charge >= 0.3 is 0 Å². The molecule has 0 saturated carbocycles. The van der Waals surface area contributed by atoms with E-state index in [1.807, 2.05) is 0 Å². The van der Waals surface area contributed by atoms with Crippen molar-refractivity contribution in [1.82, 2.24) is 0 Å². The van der Waals surface area contributed by atoms with Gasteiger partial charge in [-0.3, -0.25) is 4.79 Å².